The fourth-order valence-electron chi connectivity index (χ4n) is 2.05. The van der Waals surface area contributed by atoms with Gasteiger partial charge in [0.1, 0.15) is 0 Å². The molecule has 0 fully saturated rings. The number of sulfonamides is 1. The van der Waals surface area contributed by atoms with Gasteiger partial charge in [0.15, 0.2) is 5.82 Å². The summed E-state index contributed by atoms with van der Waals surface area (Å²) in [6, 6.07) is 0. The van der Waals surface area contributed by atoms with Crippen molar-refractivity contribution in [1.29, 1.82) is 0 Å². The van der Waals surface area contributed by atoms with Crippen LogP contribution in [0.25, 0.3) is 11.4 Å². The smallest absolute Gasteiger partial charge is 0.273 e. The highest BCUT2D eigenvalue weighted by molar-refractivity contribution is 7.89. The Hall–Kier alpha value is -1.74. The number of aryl methyl sites for hydroxylation is 2. The standard InChI is InChI=1S/C11H18N6O2S/c1-7-8(6-16(5)15-7)9-13-14-10(20(12,18)19)17(9)11(2,3)4/h6H,1-5H3,(H2,12,18,19). The molecule has 0 atom stereocenters. The molecule has 8 nitrogen and oxygen atoms in total. The van der Waals surface area contributed by atoms with Crippen LogP contribution in [0, 0.1) is 6.92 Å². The van der Waals surface area contributed by atoms with Gasteiger partial charge in [-0.25, -0.2) is 13.6 Å². The van der Waals surface area contributed by atoms with Crippen LogP contribution in [0.3, 0.4) is 0 Å². The van der Waals surface area contributed by atoms with Crippen molar-refractivity contribution in [3.8, 4) is 11.4 Å². The molecule has 0 spiro atoms. The van der Waals surface area contributed by atoms with Crippen molar-refractivity contribution in [2.75, 3.05) is 0 Å². The van der Waals surface area contributed by atoms with Gasteiger partial charge < -0.3 is 0 Å². The van der Waals surface area contributed by atoms with Gasteiger partial charge in [-0.05, 0) is 27.7 Å². The predicted molar refractivity (Wildman–Crippen MR) is 73.3 cm³/mol. The molecule has 0 aliphatic carbocycles. The van der Waals surface area contributed by atoms with Crippen molar-refractivity contribution in [2.24, 2.45) is 12.2 Å². The van der Waals surface area contributed by atoms with E-state index >= 15 is 0 Å². The average molecular weight is 298 g/mol. The number of rotatable bonds is 2. The van der Waals surface area contributed by atoms with E-state index in [2.05, 4.69) is 15.3 Å². The zero-order chi connectivity index (χ0) is 15.3. The minimum atomic E-state index is -3.95. The number of nitrogens with two attached hydrogens (primary N) is 1. The molecular weight excluding hydrogens is 280 g/mol. The lowest BCUT2D eigenvalue weighted by atomic mass is 10.1. The summed E-state index contributed by atoms with van der Waals surface area (Å²) in [7, 11) is -2.16. The molecule has 2 N–H and O–H groups in total. The van der Waals surface area contributed by atoms with E-state index in [4.69, 9.17) is 5.14 Å². The van der Waals surface area contributed by atoms with Crippen LogP contribution in [0.2, 0.25) is 0 Å². The van der Waals surface area contributed by atoms with E-state index in [1.807, 2.05) is 27.7 Å². The highest BCUT2D eigenvalue weighted by Gasteiger charge is 2.30. The Morgan fingerprint density at radius 2 is 1.85 bits per heavy atom. The van der Waals surface area contributed by atoms with Gasteiger partial charge >= 0.3 is 0 Å². The molecule has 2 heterocycles. The molecule has 0 unspecified atom stereocenters. The Morgan fingerprint density at radius 3 is 2.25 bits per heavy atom. The SMILES string of the molecule is Cc1nn(C)cc1-c1nnc(S(N)(=O)=O)n1C(C)(C)C. The van der Waals surface area contributed by atoms with Crippen LogP contribution < -0.4 is 5.14 Å². The topological polar surface area (TPSA) is 109 Å². The number of aromatic nitrogens is 5. The molecule has 0 saturated heterocycles. The van der Waals surface area contributed by atoms with Crippen LogP contribution in [0.5, 0.6) is 0 Å². The maximum atomic E-state index is 11.7. The summed E-state index contributed by atoms with van der Waals surface area (Å²) in [6.45, 7) is 7.41. The summed E-state index contributed by atoms with van der Waals surface area (Å²) in [5, 5.41) is 16.9. The van der Waals surface area contributed by atoms with Gasteiger partial charge in [0, 0.05) is 18.8 Å². The second kappa shape index (κ2) is 4.38. The molecule has 2 rings (SSSR count). The Balaban J connectivity index is 2.80. The number of hydrogen-bond donors (Lipinski definition) is 1. The van der Waals surface area contributed by atoms with Crippen molar-refractivity contribution in [1.82, 2.24) is 24.5 Å². The van der Waals surface area contributed by atoms with Crippen LogP contribution in [-0.2, 0) is 22.6 Å². The zero-order valence-electron chi connectivity index (χ0n) is 12.1. The third kappa shape index (κ3) is 2.46. The molecule has 9 heteroatoms. The van der Waals surface area contributed by atoms with E-state index in [0.717, 1.165) is 11.3 Å². The Morgan fingerprint density at radius 1 is 1.25 bits per heavy atom. The molecule has 0 aromatic carbocycles. The van der Waals surface area contributed by atoms with Gasteiger partial charge in [-0.15, -0.1) is 10.2 Å². The largest absolute Gasteiger partial charge is 0.291 e. The van der Waals surface area contributed by atoms with E-state index in [0.29, 0.717) is 5.82 Å². The van der Waals surface area contributed by atoms with Crippen molar-refractivity contribution < 1.29 is 8.42 Å². The summed E-state index contributed by atoms with van der Waals surface area (Å²) in [5.41, 5.74) is 0.930. The Labute approximate surface area is 117 Å². The van der Waals surface area contributed by atoms with Crippen LogP contribution >= 0.6 is 0 Å². The summed E-state index contributed by atoms with van der Waals surface area (Å²) in [4.78, 5) is 0. The van der Waals surface area contributed by atoms with Crippen LogP contribution in [0.4, 0.5) is 0 Å². The molecule has 0 amide bonds. The third-order valence-electron chi connectivity index (χ3n) is 2.81. The molecule has 0 aliphatic heterocycles. The Bertz CT molecular complexity index is 750. The molecule has 2 aromatic heterocycles. The van der Waals surface area contributed by atoms with Gasteiger partial charge in [0.2, 0.25) is 0 Å². The van der Waals surface area contributed by atoms with Gasteiger partial charge in [0.25, 0.3) is 15.2 Å². The van der Waals surface area contributed by atoms with E-state index < -0.39 is 15.6 Å². The minimum absolute atomic E-state index is 0.247. The summed E-state index contributed by atoms with van der Waals surface area (Å²) < 4.78 is 26.5. The second-order valence-corrected chi connectivity index (χ2v) is 7.11. The molecule has 110 valence electrons. The molecule has 0 aliphatic rings. The van der Waals surface area contributed by atoms with Crippen LogP contribution in [-0.4, -0.2) is 33.0 Å². The number of primary sulfonamides is 1. The molecular formula is C11H18N6O2S. The Kier molecular flexibility index (Phi) is 3.22. The maximum Gasteiger partial charge on any atom is 0.273 e. The van der Waals surface area contributed by atoms with Gasteiger partial charge in [0.05, 0.1) is 11.3 Å². The monoisotopic (exact) mass is 298 g/mol. The van der Waals surface area contributed by atoms with E-state index in [1.54, 1.807) is 17.9 Å². The highest BCUT2D eigenvalue weighted by Crippen LogP contribution is 2.28. The number of nitrogens with zero attached hydrogens (tertiary/aromatic N) is 5. The van der Waals surface area contributed by atoms with Gasteiger partial charge in [-0.2, -0.15) is 5.10 Å². The van der Waals surface area contributed by atoms with Crippen molar-refractivity contribution >= 4 is 10.0 Å². The molecule has 2 aromatic rings. The highest BCUT2D eigenvalue weighted by atomic mass is 32.2. The fraction of sp³-hybridized carbons (Fsp3) is 0.545. The lowest BCUT2D eigenvalue weighted by Gasteiger charge is -2.24. The van der Waals surface area contributed by atoms with Crippen LogP contribution in [0.1, 0.15) is 26.5 Å². The average Bonchev–Trinajstić information content (AvgIpc) is 2.79. The van der Waals surface area contributed by atoms with E-state index in [1.165, 1.54) is 4.57 Å². The van der Waals surface area contributed by atoms with Crippen molar-refractivity contribution in [2.45, 2.75) is 38.4 Å². The normalized spacial score (nSPS) is 12.9. The molecule has 20 heavy (non-hydrogen) atoms. The second-order valence-electron chi connectivity index (χ2n) is 5.66. The maximum absolute atomic E-state index is 11.7. The van der Waals surface area contributed by atoms with Crippen molar-refractivity contribution in [3.63, 3.8) is 0 Å². The lowest BCUT2D eigenvalue weighted by Crippen LogP contribution is -2.29. The van der Waals surface area contributed by atoms with Crippen LogP contribution in [0.15, 0.2) is 11.4 Å². The number of hydrogen-bond acceptors (Lipinski definition) is 5. The van der Waals surface area contributed by atoms with Gasteiger partial charge in [-0.1, -0.05) is 0 Å². The predicted octanol–water partition coefficient (Wildman–Crippen LogP) is 0.389. The van der Waals surface area contributed by atoms with Gasteiger partial charge in [-0.3, -0.25) is 9.25 Å². The summed E-state index contributed by atoms with van der Waals surface area (Å²) >= 11 is 0. The quantitative estimate of drug-likeness (QED) is 0.862. The zero-order valence-corrected chi connectivity index (χ0v) is 12.9. The molecule has 0 saturated carbocycles. The first-order valence-corrected chi connectivity index (χ1v) is 7.56. The first-order valence-electron chi connectivity index (χ1n) is 6.01. The first-order chi connectivity index (χ1) is 9.01. The molecule has 0 bridgehead atoms. The molecule has 0 radical (unpaired) electrons. The third-order valence-corrected chi connectivity index (χ3v) is 3.59. The lowest BCUT2D eigenvalue weighted by molar-refractivity contribution is 0.366. The minimum Gasteiger partial charge on any atom is -0.291 e. The van der Waals surface area contributed by atoms with Crippen molar-refractivity contribution in [3.05, 3.63) is 11.9 Å². The first kappa shape index (κ1) is 14.7. The summed E-state index contributed by atoms with van der Waals surface area (Å²) in [6.07, 6.45) is 1.77. The fourth-order valence-corrected chi connectivity index (χ4v) is 2.82. The summed E-state index contributed by atoms with van der Waals surface area (Å²) in [5.74, 6) is 0.437. The van der Waals surface area contributed by atoms with E-state index in [9.17, 15) is 8.42 Å². The van der Waals surface area contributed by atoms with E-state index in [-0.39, 0.29) is 5.16 Å².